The summed E-state index contributed by atoms with van der Waals surface area (Å²) in [6.45, 7) is 3.66. The Hall–Kier alpha value is -2.48. The lowest BCUT2D eigenvalue weighted by Gasteiger charge is -2.31. The van der Waals surface area contributed by atoms with E-state index in [0.717, 1.165) is 37.1 Å². The molecule has 1 fully saturated rings. The van der Waals surface area contributed by atoms with Gasteiger partial charge in [0, 0.05) is 19.6 Å². The van der Waals surface area contributed by atoms with Crippen molar-refractivity contribution < 1.29 is 23.8 Å². The minimum Gasteiger partial charge on any atom is -0.491 e. The van der Waals surface area contributed by atoms with Gasteiger partial charge in [0.1, 0.15) is 24.3 Å². The van der Waals surface area contributed by atoms with Crippen molar-refractivity contribution in [1.82, 2.24) is 10.2 Å². The van der Waals surface area contributed by atoms with E-state index in [1.54, 1.807) is 12.1 Å². The molecule has 0 aliphatic carbocycles. The van der Waals surface area contributed by atoms with Crippen molar-refractivity contribution >= 4 is 5.97 Å². The Balaban J connectivity index is 1.33. The molecule has 1 atom stereocenters. The number of benzene rings is 2. The Bertz CT molecular complexity index is 805. The number of rotatable bonds is 10. The van der Waals surface area contributed by atoms with Gasteiger partial charge in [-0.15, -0.1) is 0 Å². The average Bonchev–Trinajstić information content (AvgIpc) is 2.80. The van der Waals surface area contributed by atoms with Gasteiger partial charge in [0.15, 0.2) is 0 Å². The Kier molecular flexibility index (Phi) is 8.82. The maximum atomic E-state index is 12.9. The lowest BCUT2D eigenvalue weighted by atomic mass is 9.97. The van der Waals surface area contributed by atoms with Crippen LogP contribution in [-0.4, -0.2) is 55.4 Å². The molecule has 1 saturated heterocycles. The summed E-state index contributed by atoms with van der Waals surface area (Å²) in [7, 11) is 1.42. The fourth-order valence-electron chi connectivity index (χ4n) is 3.72. The van der Waals surface area contributed by atoms with Crippen LogP contribution >= 0.6 is 0 Å². The zero-order chi connectivity index (χ0) is 22.1. The number of carbonyl (C=O) groups excluding carboxylic acids is 1. The highest BCUT2D eigenvalue weighted by Crippen LogP contribution is 2.19. The van der Waals surface area contributed by atoms with E-state index in [-0.39, 0.29) is 24.3 Å². The van der Waals surface area contributed by atoms with Gasteiger partial charge in [0.05, 0.1) is 13.0 Å². The molecule has 7 heteroatoms. The van der Waals surface area contributed by atoms with Crippen LogP contribution < -0.4 is 10.1 Å². The van der Waals surface area contributed by atoms with Crippen molar-refractivity contribution in [1.29, 1.82) is 0 Å². The number of likely N-dealkylation sites (tertiary alicyclic amines) is 1. The lowest BCUT2D eigenvalue weighted by molar-refractivity contribution is -0.147. The standard InChI is InChI=1S/C24H31FN2O4/c1-30-24(29)20-10-12-27(13-11-20)16-22(28)17-31-23-8-4-19(5-9-23)15-26-14-18-2-6-21(25)7-3-18/h2-9,20,22,26,28H,10-17H2,1H3/t22-/m1/s1. The molecule has 168 valence electrons. The molecule has 2 N–H and O–H groups in total. The summed E-state index contributed by atoms with van der Waals surface area (Å²) in [6.07, 6.45) is 0.931. The van der Waals surface area contributed by atoms with Gasteiger partial charge < -0.3 is 24.8 Å². The van der Waals surface area contributed by atoms with Crippen LogP contribution in [0.3, 0.4) is 0 Å². The average molecular weight is 431 g/mol. The van der Waals surface area contributed by atoms with Crippen LogP contribution in [-0.2, 0) is 22.6 Å². The van der Waals surface area contributed by atoms with Crippen molar-refractivity contribution in [2.24, 2.45) is 5.92 Å². The van der Waals surface area contributed by atoms with Crippen LogP contribution in [0, 0.1) is 11.7 Å². The van der Waals surface area contributed by atoms with E-state index >= 15 is 0 Å². The van der Waals surface area contributed by atoms with Gasteiger partial charge in [0.2, 0.25) is 0 Å². The minimum atomic E-state index is -0.591. The number of methoxy groups -OCH3 is 1. The number of piperidine rings is 1. The van der Waals surface area contributed by atoms with E-state index in [4.69, 9.17) is 9.47 Å². The fraction of sp³-hybridized carbons (Fsp3) is 0.458. The van der Waals surface area contributed by atoms with Crippen molar-refractivity contribution in [2.45, 2.75) is 32.0 Å². The molecule has 0 aromatic heterocycles. The largest absolute Gasteiger partial charge is 0.491 e. The summed E-state index contributed by atoms with van der Waals surface area (Å²) >= 11 is 0. The zero-order valence-electron chi connectivity index (χ0n) is 17.9. The SMILES string of the molecule is COC(=O)C1CCN(C[C@@H](O)COc2ccc(CNCc3ccc(F)cc3)cc2)CC1. The Morgan fingerprint density at radius 2 is 1.68 bits per heavy atom. The first-order valence-electron chi connectivity index (χ1n) is 10.7. The van der Waals surface area contributed by atoms with Gasteiger partial charge in [-0.1, -0.05) is 24.3 Å². The summed E-state index contributed by atoms with van der Waals surface area (Å²) in [5.41, 5.74) is 2.15. The number of halogens is 1. The van der Waals surface area contributed by atoms with Gasteiger partial charge in [-0.05, 0) is 61.3 Å². The molecule has 0 unspecified atom stereocenters. The van der Waals surface area contributed by atoms with Crippen LogP contribution in [0.5, 0.6) is 5.75 Å². The van der Waals surface area contributed by atoms with Gasteiger partial charge in [0.25, 0.3) is 0 Å². The van der Waals surface area contributed by atoms with E-state index in [2.05, 4.69) is 10.2 Å². The number of esters is 1. The summed E-state index contributed by atoms with van der Waals surface area (Å²) in [5.74, 6) is 0.314. The number of aliphatic hydroxyl groups excluding tert-OH is 1. The van der Waals surface area contributed by atoms with Crippen LogP contribution in [0.15, 0.2) is 48.5 Å². The number of carbonyl (C=O) groups is 1. The predicted molar refractivity (Wildman–Crippen MR) is 116 cm³/mol. The Morgan fingerprint density at radius 3 is 2.26 bits per heavy atom. The second-order valence-electron chi connectivity index (χ2n) is 7.94. The quantitative estimate of drug-likeness (QED) is 0.565. The number of hydrogen-bond acceptors (Lipinski definition) is 6. The molecule has 6 nitrogen and oxygen atoms in total. The molecule has 0 saturated carbocycles. The number of ether oxygens (including phenoxy) is 2. The second kappa shape index (κ2) is 11.8. The molecule has 0 radical (unpaired) electrons. The molecule has 1 heterocycles. The maximum absolute atomic E-state index is 12.9. The highest BCUT2D eigenvalue weighted by molar-refractivity contribution is 5.72. The third-order valence-electron chi connectivity index (χ3n) is 5.53. The molecule has 1 aliphatic rings. The summed E-state index contributed by atoms with van der Waals surface area (Å²) in [6, 6.07) is 14.2. The van der Waals surface area contributed by atoms with E-state index in [1.165, 1.54) is 19.2 Å². The third-order valence-corrected chi connectivity index (χ3v) is 5.53. The first-order chi connectivity index (χ1) is 15.0. The monoisotopic (exact) mass is 430 g/mol. The smallest absolute Gasteiger partial charge is 0.308 e. The van der Waals surface area contributed by atoms with Gasteiger partial charge >= 0.3 is 5.97 Å². The molecular formula is C24H31FN2O4. The normalized spacial score (nSPS) is 16.1. The van der Waals surface area contributed by atoms with Crippen LogP contribution in [0.1, 0.15) is 24.0 Å². The zero-order valence-corrected chi connectivity index (χ0v) is 17.9. The van der Waals surface area contributed by atoms with E-state index in [0.29, 0.717) is 25.4 Å². The Morgan fingerprint density at radius 1 is 1.10 bits per heavy atom. The highest BCUT2D eigenvalue weighted by atomic mass is 19.1. The molecule has 0 spiro atoms. The Labute approximate surface area is 183 Å². The first kappa shape index (κ1) is 23.2. The summed E-state index contributed by atoms with van der Waals surface area (Å²) < 4.78 is 23.5. The third kappa shape index (κ3) is 7.61. The molecule has 2 aromatic carbocycles. The van der Waals surface area contributed by atoms with Gasteiger partial charge in [-0.3, -0.25) is 4.79 Å². The molecule has 31 heavy (non-hydrogen) atoms. The fourth-order valence-corrected chi connectivity index (χ4v) is 3.72. The number of aliphatic hydroxyl groups is 1. The van der Waals surface area contributed by atoms with Crippen molar-refractivity contribution in [3.63, 3.8) is 0 Å². The van der Waals surface area contributed by atoms with Crippen molar-refractivity contribution in [3.8, 4) is 5.75 Å². The molecule has 0 amide bonds. The van der Waals surface area contributed by atoms with Crippen LogP contribution in [0.4, 0.5) is 4.39 Å². The maximum Gasteiger partial charge on any atom is 0.308 e. The van der Waals surface area contributed by atoms with Gasteiger partial charge in [-0.25, -0.2) is 4.39 Å². The van der Waals surface area contributed by atoms with Crippen LogP contribution in [0.2, 0.25) is 0 Å². The van der Waals surface area contributed by atoms with E-state index in [1.807, 2.05) is 24.3 Å². The number of nitrogens with one attached hydrogen (secondary N) is 1. The van der Waals surface area contributed by atoms with Crippen molar-refractivity contribution in [3.05, 3.63) is 65.5 Å². The summed E-state index contributed by atoms with van der Waals surface area (Å²) in [5, 5.41) is 13.6. The predicted octanol–water partition coefficient (Wildman–Crippen LogP) is 2.74. The number of nitrogens with zero attached hydrogens (tertiary/aromatic N) is 1. The molecule has 3 rings (SSSR count). The van der Waals surface area contributed by atoms with E-state index in [9.17, 15) is 14.3 Å². The van der Waals surface area contributed by atoms with Crippen LogP contribution in [0.25, 0.3) is 0 Å². The highest BCUT2D eigenvalue weighted by Gasteiger charge is 2.26. The topological polar surface area (TPSA) is 71.0 Å². The molecular weight excluding hydrogens is 399 g/mol. The lowest BCUT2D eigenvalue weighted by Crippen LogP contribution is -2.42. The van der Waals surface area contributed by atoms with Crippen molar-refractivity contribution in [2.75, 3.05) is 33.4 Å². The molecule has 2 aromatic rings. The minimum absolute atomic E-state index is 0.0293. The van der Waals surface area contributed by atoms with Gasteiger partial charge in [-0.2, -0.15) is 0 Å². The van der Waals surface area contributed by atoms with E-state index < -0.39 is 6.10 Å². The number of β-amino-alcohol motifs (C(OH)–C–C–N with tert-alkyl or cyclic N) is 1. The first-order valence-corrected chi connectivity index (χ1v) is 10.7. The molecule has 0 bridgehead atoms. The summed E-state index contributed by atoms with van der Waals surface area (Å²) in [4.78, 5) is 13.7. The number of hydrogen-bond donors (Lipinski definition) is 2. The molecule has 1 aliphatic heterocycles. The second-order valence-corrected chi connectivity index (χ2v) is 7.94.